The van der Waals surface area contributed by atoms with Crippen LogP contribution in [-0.2, 0) is 16.4 Å². The second-order valence-electron chi connectivity index (χ2n) is 2.85. The molecule has 0 radical (unpaired) electrons. The smallest absolute Gasteiger partial charge is 0.225 e. The van der Waals surface area contributed by atoms with Crippen LogP contribution in [0, 0.1) is 11.3 Å². The van der Waals surface area contributed by atoms with Crippen molar-refractivity contribution >= 4 is 10.0 Å². The molecule has 0 aromatic carbocycles. The summed E-state index contributed by atoms with van der Waals surface area (Å²) in [5, 5.41) is 14.5. The average molecular weight is 229 g/mol. The van der Waals surface area contributed by atoms with E-state index in [0.29, 0.717) is 19.4 Å². The number of nitriles is 1. The summed E-state index contributed by atoms with van der Waals surface area (Å²) in [6.07, 6.45) is 2.63. The summed E-state index contributed by atoms with van der Waals surface area (Å²) in [4.78, 5) is 3.89. The van der Waals surface area contributed by atoms with Gasteiger partial charge in [0.05, 0.1) is 6.07 Å². The highest BCUT2D eigenvalue weighted by molar-refractivity contribution is 7.89. The Balaban J connectivity index is 2.20. The molecule has 0 atom stereocenters. The van der Waals surface area contributed by atoms with Gasteiger partial charge in [-0.1, -0.05) is 0 Å². The highest BCUT2D eigenvalue weighted by Gasteiger charge is 2.07. The van der Waals surface area contributed by atoms with Crippen LogP contribution in [0.15, 0.2) is 6.33 Å². The third-order valence-electron chi connectivity index (χ3n) is 1.63. The van der Waals surface area contributed by atoms with Crippen LogP contribution in [0.25, 0.3) is 0 Å². The summed E-state index contributed by atoms with van der Waals surface area (Å²) in [5.41, 5.74) is 0. The molecule has 0 bridgehead atoms. The lowest BCUT2D eigenvalue weighted by Gasteiger charge is -2.01. The van der Waals surface area contributed by atoms with Crippen LogP contribution in [0.4, 0.5) is 0 Å². The quantitative estimate of drug-likeness (QED) is 0.619. The summed E-state index contributed by atoms with van der Waals surface area (Å²) in [6, 6.07) is 1.58. The molecule has 0 saturated carbocycles. The van der Waals surface area contributed by atoms with Gasteiger partial charge in [-0.15, -0.1) is 0 Å². The maximum atomic E-state index is 11.0. The first-order valence-electron chi connectivity index (χ1n) is 4.32. The van der Waals surface area contributed by atoms with Crippen molar-refractivity contribution in [2.24, 2.45) is 0 Å². The zero-order valence-corrected chi connectivity index (χ0v) is 8.79. The van der Waals surface area contributed by atoms with Crippen molar-refractivity contribution in [3.63, 3.8) is 0 Å². The fraction of sp³-hybridized carbons (Fsp3) is 0.571. The minimum absolute atomic E-state index is 0.296. The summed E-state index contributed by atoms with van der Waals surface area (Å²) in [7, 11) is -3.43. The average Bonchev–Trinajstić information content (AvgIpc) is 2.65. The van der Waals surface area contributed by atoms with Crippen LogP contribution in [0.1, 0.15) is 12.2 Å². The molecule has 0 aliphatic rings. The molecule has 2 N–H and O–H groups in total. The Bertz CT molecular complexity index is 419. The molecule has 1 aromatic heterocycles. The first-order valence-corrected chi connectivity index (χ1v) is 5.98. The fourth-order valence-electron chi connectivity index (χ4n) is 0.971. The van der Waals surface area contributed by atoms with Crippen molar-refractivity contribution in [1.29, 1.82) is 5.26 Å². The minimum Gasteiger partial charge on any atom is -0.263 e. The second-order valence-corrected chi connectivity index (χ2v) is 4.65. The second kappa shape index (κ2) is 5.43. The van der Waals surface area contributed by atoms with Crippen LogP contribution in [0.2, 0.25) is 0 Å². The highest BCUT2D eigenvalue weighted by atomic mass is 32.2. The molecule has 1 heterocycles. The minimum atomic E-state index is -3.43. The number of nitrogens with one attached hydrogen (secondary N) is 2. The van der Waals surface area contributed by atoms with Gasteiger partial charge in [-0.3, -0.25) is 5.10 Å². The molecule has 82 valence electrons. The molecule has 0 spiro atoms. The lowest BCUT2D eigenvalue weighted by atomic mass is 10.3. The number of nitrogens with zero attached hydrogens (tertiary/aromatic N) is 3. The summed E-state index contributed by atoms with van der Waals surface area (Å²) in [5.74, 6) is 0.212. The zero-order chi connectivity index (χ0) is 11.1. The van der Waals surface area contributed by atoms with E-state index >= 15 is 0 Å². The van der Waals surface area contributed by atoms with Gasteiger partial charge in [0, 0.05) is 13.0 Å². The molecule has 7 nitrogen and oxygen atoms in total. The number of aromatic nitrogens is 3. The largest absolute Gasteiger partial charge is 0.263 e. The molecule has 1 rings (SSSR count). The number of hydrogen-bond acceptors (Lipinski definition) is 5. The lowest BCUT2D eigenvalue weighted by molar-refractivity contribution is 0.581. The van der Waals surface area contributed by atoms with E-state index in [4.69, 9.17) is 5.26 Å². The number of aryl methyl sites for hydroxylation is 1. The Morgan fingerprint density at radius 3 is 3.00 bits per heavy atom. The monoisotopic (exact) mass is 229 g/mol. The Morgan fingerprint density at radius 2 is 2.40 bits per heavy atom. The van der Waals surface area contributed by atoms with E-state index in [-0.39, 0.29) is 0 Å². The van der Waals surface area contributed by atoms with E-state index in [9.17, 15) is 8.42 Å². The summed E-state index contributed by atoms with van der Waals surface area (Å²) < 4.78 is 24.4. The van der Waals surface area contributed by atoms with Gasteiger partial charge in [-0.2, -0.15) is 10.4 Å². The van der Waals surface area contributed by atoms with Crippen molar-refractivity contribution in [3.05, 3.63) is 12.2 Å². The number of hydrogen-bond donors (Lipinski definition) is 2. The van der Waals surface area contributed by atoms with E-state index in [2.05, 4.69) is 19.9 Å². The van der Waals surface area contributed by atoms with E-state index in [1.807, 2.05) is 0 Å². The van der Waals surface area contributed by atoms with Crippen molar-refractivity contribution in [3.8, 4) is 6.07 Å². The molecular formula is C7H11N5O2S. The van der Waals surface area contributed by atoms with Gasteiger partial charge in [-0.25, -0.2) is 18.1 Å². The van der Waals surface area contributed by atoms with E-state index in [1.54, 1.807) is 6.07 Å². The zero-order valence-electron chi connectivity index (χ0n) is 7.97. The number of aromatic amines is 1. The van der Waals surface area contributed by atoms with Crippen molar-refractivity contribution in [2.75, 3.05) is 12.3 Å². The van der Waals surface area contributed by atoms with Crippen LogP contribution < -0.4 is 4.72 Å². The molecule has 0 aliphatic heterocycles. The maximum Gasteiger partial charge on any atom is 0.225 e. The molecule has 0 aliphatic carbocycles. The number of H-pyrrole nitrogens is 1. The molecule has 0 fully saturated rings. The van der Waals surface area contributed by atoms with Crippen molar-refractivity contribution in [2.45, 2.75) is 12.8 Å². The number of rotatable bonds is 6. The van der Waals surface area contributed by atoms with Gasteiger partial charge in [0.15, 0.2) is 5.75 Å². The SMILES string of the molecule is N#CCS(=O)(=O)NCCCc1ncn[nH]1. The van der Waals surface area contributed by atoms with Crippen LogP contribution in [0.5, 0.6) is 0 Å². The van der Waals surface area contributed by atoms with Crippen molar-refractivity contribution < 1.29 is 8.42 Å². The van der Waals surface area contributed by atoms with Crippen LogP contribution >= 0.6 is 0 Å². The molecule has 0 saturated heterocycles. The van der Waals surface area contributed by atoms with Gasteiger partial charge in [-0.05, 0) is 6.42 Å². The molecule has 8 heteroatoms. The Kier molecular flexibility index (Phi) is 4.20. The Morgan fingerprint density at radius 1 is 1.60 bits per heavy atom. The van der Waals surface area contributed by atoms with Gasteiger partial charge in [0.2, 0.25) is 10.0 Å². The molecular weight excluding hydrogens is 218 g/mol. The van der Waals surface area contributed by atoms with Crippen LogP contribution in [-0.4, -0.2) is 35.9 Å². The van der Waals surface area contributed by atoms with E-state index in [0.717, 1.165) is 5.82 Å². The predicted octanol–water partition coefficient (Wildman–Crippen LogP) is -0.820. The van der Waals surface area contributed by atoms with Gasteiger partial charge in [0.1, 0.15) is 12.2 Å². The lowest BCUT2D eigenvalue weighted by Crippen LogP contribution is -2.27. The highest BCUT2D eigenvalue weighted by Crippen LogP contribution is 1.92. The first kappa shape index (κ1) is 11.6. The first-order chi connectivity index (χ1) is 7.14. The summed E-state index contributed by atoms with van der Waals surface area (Å²) >= 11 is 0. The topological polar surface area (TPSA) is 112 Å². The maximum absolute atomic E-state index is 11.0. The standard InChI is InChI=1S/C7H11N5O2S/c8-3-5-15(13,14)11-4-1-2-7-9-6-10-12-7/h6,11H,1-2,4-5H2,(H,9,10,12). The van der Waals surface area contributed by atoms with Crippen LogP contribution in [0.3, 0.4) is 0 Å². The van der Waals surface area contributed by atoms with E-state index in [1.165, 1.54) is 6.33 Å². The fourth-order valence-corrected chi connectivity index (χ4v) is 1.70. The summed E-state index contributed by atoms with van der Waals surface area (Å²) in [6.45, 7) is 0.296. The number of sulfonamides is 1. The van der Waals surface area contributed by atoms with E-state index < -0.39 is 15.8 Å². The van der Waals surface area contributed by atoms with Gasteiger partial charge >= 0.3 is 0 Å². The molecule has 15 heavy (non-hydrogen) atoms. The third kappa shape index (κ3) is 4.53. The normalized spacial score (nSPS) is 11.1. The molecule has 0 unspecified atom stereocenters. The predicted molar refractivity (Wildman–Crippen MR) is 52.1 cm³/mol. The third-order valence-corrected chi connectivity index (χ3v) is 2.78. The van der Waals surface area contributed by atoms with Crippen molar-refractivity contribution in [1.82, 2.24) is 19.9 Å². The Hall–Kier alpha value is -1.46. The Labute approximate surface area is 87.6 Å². The van der Waals surface area contributed by atoms with Gasteiger partial charge < -0.3 is 0 Å². The molecule has 0 amide bonds. The molecule has 1 aromatic rings. The van der Waals surface area contributed by atoms with Gasteiger partial charge in [0.25, 0.3) is 0 Å².